The van der Waals surface area contributed by atoms with Gasteiger partial charge in [0.2, 0.25) is 0 Å². The molecule has 1 unspecified atom stereocenters. The van der Waals surface area contributed by atoms with Crippen molar-refractivity contribution in [1.82, 2.24) is 5.32 Å². The Labute approximate surface area is 131 Å². The third-order valence-electron chi connectivity index (χ3n) is 3.93. The number of benzene rings is 2. The third-order valence-corrected chi connectivity index (χ3v) is 4.22. The number of likely N-dealkylation sites (N-methyl/N-ethyl adjacent to an activating group) is 1. The van der Waals surface area contributed by atoms with Crippen molar-refractivity contribution in [3.63, 3.8) is 0 Å². The highest BCUT2D eigenvalue weighted by Crippen LogP contribution is 2.26. The van der Waals surface area contributed by atoms with E-state index in [1.807, 2.05) is 0 Å². The molecular formula is C18H21ClFN. The average Bonchev–Trinajstić information content (AvgIpc) is 2.46. The second-order valence-corrected chi connectivity index (χ2v) is 5.72. The van der Waals surface area contributed by atoms with Crippen LogP contribution in [0, 0.1) is 19.7 Å². The van der Waals surface area contributed by atoms with Crippen LogP contribution in [0.2, 0.25) is 5.02 Å². The average molecular weight is 306 g/mol. The van der Waals surface area contributed by atoms with Gasteiger partial charge < -0.3 is 5.32 Å². The van der Waals surface area contributed by atoms with Crippen LogP contribution in [0.1, 0.15) is 35.2 Å². The van der Waals surface area contributed by atoms with E-state index in [-0.39, 0.29) is 16.9 Å². The molecule has 21 heavy (non-hydrogen) atoms. The summed E-state index contributed by atoms with van der Waals surface area (Å²) < 4.78 is 14.1. The lowest BCUT2D eigenvalue weighted by molar-refractivity contribution is 0.526. The lowest BCUT2D eigenvalue weighted by atomic mass is 9.93. The van der Waals surface area contributed by atoms with Crippen molar-refractivity contribution < 1.29 is 4.39 Å². The first kappa shape index (κ1) is 16.0. The molecule has 0 amide bonds. The van der Waals surface area contributed by atoms with Crippen LogP contribution in [0.5, 0.6) is 0 Å². The van der Waals surface area contributed by atoms with E-state index in [9.17, 15) is 4.39 Å². The molecule has 0 heterocycles. The number of nitrogens with one attached hydrogen (secondary N) is 1. The maximum absolute atomic E-state index is 14.1. The molecule has 0 aliphatic carbocycles. The van der Waals surface area contributed by atoms with Crippen LogP contribution in [0.4, 0.5) is 4.39 Å². The van der Waals surface area contributed by atoms with Gasteiger partial charge in [0.15, 0.2) is 0 Å². The molecule has 0 bridgehead atoms. The minimum Gasteiger partial charge on any atom is -0.310 e. The molecule has 2 rings (SSSR count). The third kappa shape index (κ3) is 3.63. The zero-order chi connectivity index (χ0) is 15.4. The fraction of sp³-hybridized carbons (Fsp3) is 0.333. The molecule has 0 spiro atoms. The van der Waals surface area contributed by atoms with Crippen LogP contribution in [0.25, 0.3) is 0 Å². The smallest absolute Gasteiger partial charge is 0.145 e. The normalized spacial score (nSPS) is 12.4. The van der Waals surface area contributed by atoms with Crippen molar-refractivity contribution in [3.8, 4) is 0 Å². The molecule has 3 heteroatoms. The zero-order valence-electron chi connectivity index (χ0n) is 12.7. The quantitative estimate of drug-likeness (QED) is 0.820. The monoisotopic (exact) mass is 305 g/mol. The largest absolute Gasteiger partial charge is 0.310 e. The van der Waals surface area contributed by atoms with Crippen LogP contribution in [0.3, 0.4) is 0 Å². The first-order valence-corrected chi connectivity index (χ1v) is 7.64. The first-order chi connectivity index (χ1) is 10.0. The van der Waals surface area contributed by atoms with Gasteiger partial charge in [-0.25, -0.2) is 4.39 Å². The van der Waals surface area contributed by atoms with Crippen molar-refractivity contribution in [2.24, 2.45) is 0 Å². The number of aryl methyl sites for hydroxylation is 1. The summed E-state index contributed by atoms with van der Waals surface area (Å²) in [4.78, 5) is 0. The van der Waals surface area contributed by atoms with E-state index in [1.54, 1.807) is 18.2 Å². The predicted octanol–water partition coefficient (Wildman–Crippen LogP) is 4.99. The number of hydrogen-bond donors (Lipinski definition) is 1. The maximum Gasteiger partial charge on any atom is 0.145 e. The van der Waals surface area contributed by atoms with Gasteiger partial charge in [0.25, 0.3) is 0 Å². The number of hydrogen-bond acceptors (Lipinski definition) is 1. The van der Waals surface area contributed by atoms with Gasteiger partial charge >= 0.3 is 0 Å². The van der Waals surface area contributed by atoms with Crippen LogP contribution in [-0.2, 0) is 6.42 Å². The molecule has 0 aromatic heterocycles. The highest BCUT2D eigenvalue weighted by Gasteiger charge is 2.17. The van der Waals surface area contributed by atoms with E-state index >= 15 is 0 Å². The molecule has 0 radical (unpaired) electrons. The second-order valence-electron chi connectivity index (χ2n) is 5.32. The molecule has 112 valence electrons. The Hall–Kier alpha value is -1.38. The summed E-state index contributed by atoms with van der Waals surface area (Å²) in [6, 6.07) is 11.5. The van der Waals surface area contributed by atoms with Crippen LogP contribution in [0.15, 0.2) is 36.4 Å². The highest BCUT2D eigenvalue weighted by molar-refractivity contribution is 6.30. The van der Waals surface area contributed by atoms with Crippen molar-refractivity contribution in [3.05, 3.63) is 69.5 Å². The topological polar surface area (TPSA) is 12.0 Å². The van der Waals surface area contributed by atoms with Crippen molar-refractivity contribution in [2.75, 3.05) is 6.54 Å². The SMILES string of the molecule is CCNC(Cc1cccc(Cl)c1F)c1cccc(C)c1C. The summed E-state index contributed by atoms with van der Waals surface area (Å²) in [6.07, 6.45) is 0.588. The molecule has 0 fully saturated rings. The molecule has 0 aliphatic heterocycles. The predicted molar refractivity (Wildman–Crippen MR) is 87.4 cm³/mol. The fourth-order valence-corrected chi connectivity index (χ4v) is 2.81. The Balaban J connectivity index is 2.35. The number of halogens is 2. The van der Waals surface area contributed by atoms with E-state index in [1.165, 1.54) is 16.7 Å². The van der Waals surface area contributed by atoms with Crippen LogP contribution >= 0.6 is 11.6 Å². The zero-order valence-corrected chi connectivity index (χ0v) is 13.5. The van der Waals surface area contributed by atoms with Gasteiger partial charge in [-0.2, -0.15) is 0 Å². The summed E-state index contributed by atoms with van der Waals surface area (Å²) in [5.41, 5.74) is 4.37. The van der Waals surface area contributed by atoms with Gasteiger partial charge in [0.05, 0.1) is 5.02 Å². The number of rotatable bonds is 5. The van der Waals surface area contributed by atoms with Gasteiger partial charge in [-0.1, -0.05) is 48.9 Å². The van der Waals surface area contributed by atoms with Crippen LogP contribution in [-0.4, -0.2) is 6.54 Å². The minimum atomic E-state index is -0.313. The lowest BCUT2D eigenvalue weighted by Gasteiger charge is -2.22. The van der Waals surface area contributed by atoms with Crippen LogP contribution < -0.4 is 5.32 Å². The Bertz CT molecular complexity index is 625. The molecule has 1 N–H and O–H groups in total. The highest BCUT2D eigenvalue weighted by atomic mass is 35.5. The summed E-state index contributed by atoms with van der Waals surface area (Å²) in [7, 11) is 0. The molecule has 2 aromatic rings. The Kier molecular flexibility index (Phi) is 5.38. The molecule has 2 aromatic carbocycles. The van der Waals surface area contributed by atoms with Gasteiger partial charge in [-0.05, 0) is 55.1 Å². The summed E-state index contributed by atoms with van der Waals surface area (Å²) in [5.74, 6) is -0.313. The lowest BCUT2D eigenvalue weighted by Crippen LogP contribution is -2.24. The Morgan fingerprint density at radius 2 is 1.86 bits per heavy atom. The van der Waals surface area contributed by atoms with E-state index < -0.39 is 0 Å². The second kappa shape index (κ2) is 7.06. The molecular weight excluding hydrogens is 285 g/mol. The van der Waals surface area contributed by atoms with Crippen molar-refractivity contribution in [2.45, 2.75) is 33.2 Å². The summed E-state index contributed by atoms with van der Waals surface area (Å²) in [6.45, 7) is 7.11. The molecule has 0 aliphatic rings. The standard InChI is InChI=1S/C18H21ClFN/c1-4-21-17(15-9-5-7-12(2)13(15)3)11-14-8-6-10-16(19)18(14)20/h5-10,17,21H,4,11H2,1-3H3. The van der Waals surface area contributed by atoms with E-state index in [0.717, 1.165) is 6.54 Å². The van der Waals surface area contributed by atoms with E-state index in [4.69, 9.17) is 11.6 Å². The van der Waals surface area contributed by atoms with E-state index in [0.29, 0.717) is 12.0 Å². The molecule has 0 saturated heterocycles. The van der Waals surface area contributed by atoms with Gasteiger partial charge in [-0.15, -0.1) is 0 Å². The van der Waals surface area contributed by atoms with Crippen molar-refractivity contribution in [1.29, 1.82) is 0 Å². The summed E-state index contributed by atoms with van der Waals surface area (Å²) in [5, 5.41) is 3.64. The van der Waals surface area contributed by atoms with E-state index in [2.05, 4.69) is 44.3 Å². The molecule has 0 saturated carbocycles. The first-order valence-electron chi connectivity index (χ1n) is 7.27. The molecule has 1 atom stereocenters. The Morgan fingerprint density at radius 1 is 1.14 bits per heavy atom. The maximum atomic E-state index is 14.1. The summed E-state index contributed by atoms with van der Waals surface area (Å²) >= 11 is 5.88. The van der Waals surface area contributed by atoms with Gasteiger partial charge in [0.1, 0.15) is 5.82 Å². The Morgan fingerprint density at radius 3 is 2.57 bits per heavy atom. The van der Waals surface area contributed by atoms with Gasteiger partial charge in [-0.3, -0.25) is 0 Å². The van der Waals surface area contributed by atoms with Gasteiger partial charge in [0, 0.05) is 6.04 Å². The minimum absolute atomic E-state index is 0.0860. The molecule has 1 nitrogen and oxygen atoms in total. The fourth-order valence-electron chi connectivity index (χ4n) is 2.62. The van der Waals surface area contributed by atoms with Crippen molar-refractivity contribution >= 4 is 11.6 Å².